The molecule has 0 fully saturated rings. The molecule has 1 unspecified atom stereocenters. The highest BCUT2D eigenvalue weighted by Gasteiger charge is 2.55. The number of hydrazone groups is 2. The van der Waals surface area contributed by atoms with Crippen LogP contribution in [0.2, 0.25) is 5.02 Å². The summed E-state index contributed by atoms with van der Waals surface area (Å²) in [6, 6.07) is 32.3. The number of anilines is 2. The molecule has 7 heteroatoms. The number of rotatable bonds is 4. The van der Waals surface area contributed by atoms with Crippen molar-refractivity contribution in [2.75, 3.05) is 10.0 Å². The molecule has 0 saturated carbocycles. The van der Waals surface area contributed by atoms with Gasteiger partial charge in [-0.15, -0.1) is 0 Å². The summed E-state index contributed by atoms with van der Waals surface area (Å²) in [7, 11) is 0. The number of nitrogens with zero attached hydrogens (tertiary/aromatic N) is 4. The SMILES string of the molecule is CC(=O)C1=NN(c2cccc(Cl)c2)C2(S1)c1ccccc1C(c1cc(C)ccc1C)=NN2c1ccccc1. The number of carbonyl (C=O) groups excluding carboxylic acids is 1. The molecule has 2 aliphatic rings. The molecule has 0 aliphatic carbocycles. The summed E-state index contributed by atoms with van der Waals surface area (Å²) in [6.45, 7) is 5.75. The van der Waals surface area contributed by atoms with E-state index in [4.69, 9.17) is 21.8 Å². The van der Waals surface area contributed by atoms with E-state index in [0.717, 1.165) is 44.9 Å². The normalized spacial score (nSPS) is 18.3. The molecule has 4 aromatic carbocycles. The van der Waals surface area contributed by atoms with Gasteiger partial charge in [0.2, 0.25) is 4.99 Å². The molecular formula is C31H25ClN4OS. The average Bonchev–Trinajstić information content (AvgIpc) is 3.33. The summed E-state index contributed by atoms with van der Waals surface area (Å²) in [6.07, 6.45) is 0. The van der Waals surface area contributed by atoms with Crippen molar-refractivity contribution < 1.29 is 4.79 Å². The molecule has 2 aliphatic heterocycles. The van der Waals surface area contributed by atoms with E-state index in [0.29, 0.717) is 10.1 Å². The molecule has 1 spiro atoms. The number of aryl methyl sites for hydroxylation is 2. The van der Waals surface area contributed by atoms with E-state index in [1.54, 1.807) is 6.92 Å². The van der Waals surface area contributed by atoms with Gasteiger partial charge < -0.3 is 0 Å². The molecule has 0 aromatic heterocycles. The smallest absolute Gasteiger partial charge is 0.234 e. The number of carbonyl (C=O) groups is 1. The molecule has 5 nitrogen and oxygen atoms in total. The van der Waals surface area contributed by atoms with E-state index in [2.05, 4.69) is 44.2 Å². The summed E-state index contributed by atoms with van der Waals surface area (Å²) in [5.74, 6) is -0.103. The van der Waals surface area contributed by atoms with Crippen molar-refractivity contribution in [3.63, 3.8) is 0 Å². The number of hydrogen-bond acceptors (Lipinski definition) is 6. The van der Waals surface area contributed by atoms with E-state index in [-0.39, 0.29) is 5.78 Å². The number of Topliss-reactive ketones (excluding diaryl/α,β-unsaturated/α-hetero) is 1. The van der Waals surface area contributed by atoms with Crippen molar-refractivity contribution >= 4 is 51.3 Å². The van der Waals surface area contributed by atoms with E-state index >= 15 is 0 Å². The maximum atomic E-state index is 12.8. The van der Waals surface area contributed by atoms with Crippen LogP contribution in [-0.2, 0) is 9.79 Å². The Labute approximate surface area is 231 Å². The maximum absolute atomic E-state index is 12.8. The van der Waals surface area contributed by atoms with Gasteiger partial charge in [-0.1, -0.05) is 77.8 Å². The van der Waals surface area contributed by atoms with Crippen LogP contribution in [0.4, 0.5) is 11.4 Å². The molecule has 0 N–H and O–H groups in total. The topological polar surface area (TPSA) is 48.3 Å². The molecule has 0 bridgehead atoms. The first-order chi connectivity index (χ1) is 18.4. The van der Waals surface area contributed by atoms with Crippen molar-refractivity contribution in [2.24, 2.45) is 10.2 Å². The second-order valence-corrected chi connectivity index (χ2v) is 11.0. The zero-order chi connectivity index (χ0) is 26.4. The number of para-hydroxylation sites is 1. The molecule has 0 amide bonds. The minimum atomic E-state index is -0.995. The molecule has 0 saturated heterocycles. The van der Waals surface area contributed by atoms with Crippen molar-refractivity contribution in [1.29, 1.82) is 0 Å². The third-order valence-electron chi connectivity index (χ3n) is 6.74. The highest BCUT2D eigenvalue weighted by Crippen LogP contribution is 2.55. The van der Waals surface area contributed by atoms with E-state index in [1.165, 1.54) is 11.8 Å². The summed E-state index contributed by atoms with van der Waals surface area (Å²) in [4.78, 5) is 11.8. The van der Waals surface area contributed by atoms with Crippen LogP contribution in [0.3, 0.4) is 0 Å². The molecule has 2 heterocycles. The molecule has 38 heavy (non-hydrogen) atoms. The molecular weight excluding hydrogens is 512 g/mol. The lowest BCUT2D eigenvalue weighted by molar-refractivity contribution is -0.110. The van der Waals surface area contributed by atoms with Crippen LogP contribution in [0.15, 0.2) is 107 Å². The van der Waals surface area contributed by atoms with E-state index < -0.39 is 4.99 Å². The summed E-state index contributed by atoms with van der Waals surface area (Å²) in [5.41, 5.74) is 7.87. The van der Waals surface area contributed by atoms with Crippen LogP contribution in [0.5, 0.6) is 0 Å². The number of benzene rings is 4. The summed E-state index contributed by atoms with van der Waals surface area (Å²) >= 11 is 7.85. The summed E-state index contributed by atoms with van der Waals surface area (Å²) < 4.78 is 0. The summed E-state index contributed by atoms with van der Waals surface area (Å²) in [5, 5.41) is 15.1. The van der Waals surface area contributed by atoms with Gasteiger partial charge in [0, 0.05) is 28.6 Å². The standard InChI is InChI=1S/C31H25ClN4OS/c1-20-16-17-21(2)27(18-20)29-26-14-7-8-15-28(26)31(35(33-29)24-11-5-4-6-12-24)36(34-30(38-31)22(3)37)25-13-9-10-23(32)19-25/h4-19H,1-3H3. The van der Waals surface area contributed by atoms with Gasteiger partial charge in [-0.05, 0) is 67.6 Å². The van der Waals surface area contributed by atoms with Crippen LogP contribution in [0.25, 0.3) is 0 Å². The molecule has 188 valence electrons. The number of ketones is 1. The minimum Gasteiger partial charge on any atom is -0.292 e. The zero-order valence-corrected chi connectivity index (χ0v) is 22.8. The lowest BCUT2D eigenvalue weighted by atomic mass is 9.90. The van der Waals surface area contributed by atoms with Crippen molar-refractivity contribution in [2.45, 2.75) is 25.8 Å². The predicted octanol–water partition coefficient (Wildman–Crippen LogP) is 7.50. The average molecular weight is 537 g/mol. The number of fused-ring (bicyclic) bond motifs is 2. The zero-order valence-electron chi connectivity index (χ0n) is 21.2. The van der Waals surface area contributed by atoms with Crippen LogP contribution in [0.1, 0.15) is 34.7 Å². The van der Waals surface area contributed by atoms with Gasteiger partial charge in [0.05, 0.1) is 17.1 Å². The van der Waals surface area contributed by atoms with Gasteiger partial charge in [0.25, 0.3) is 0 Å². The minimum absolute atomic E-state index is 0.103. The Morgan fingerprint density at radius 1 is 0.789 bits per heavy atom. The Balaban J connectivity index is 1.69. The molecule has 1 atom stereocenters. The lowest BCUT2D eigenvalue weighted by Crippen LogP contribution is -2.54. The Morgan fingerprint density at radius 2 is 1.50 bits per heavy atom. The fourth-order valence-corrected chi connectivity index (χ4v) is 6.42. The first kappa shape index (κ1) is 24.5. The lowest BCUT2D eigenvalue weighted by Gasteiger charge is -2.47. The van der Waals surface area contributed by atoms with Gasteiger partial charge >= 0.3 is 0 Å². The highest BCUT2D eigenvalue weighted by atomic mass is 35.5. The monoisotopic (exact) mass is 536 g/mol. The van der Waals surface area contributed by atoms with Crippen molar-refractivity contribution in [3.05, 3.63) is 130 Å². The molecule has 0 radical (unpaired) electrons. The van der Waals surface area contributed by atoms with Crippen LogP contribution in [0, 0.1) is 13.8 Å². The quantitative estimate of drug-likeness (QED) is 0.271. The van der Waals surface area contributed by atoms with Crippen molar-refractivity contribution in [1.82, 2.24) is 0 Å². The van der Waals surface area contributed by atoms with Crippen LogP contribution < -0.4 is 10.0 Å². The Morgan fingerprint density at radius 3 is 2.26 bits per heavy atom. The Kier molecular flexibility index (Phi) is 6.09. The van der Waals surface area contributed by atoms with Crippen molar-refractivity contribution in [3.8, 4) is 0 Å². The fourth-order valence-electron chi connectivity index (χ4n) is 4.94. The second kappa shape index (κ2) is 9.46. The Hall–Kier alpha value is -3.87. The highest BCUT2D eigenvalue weighted by molar-refractivity contribution is 8.17. The Bertz CT molecular complexity index is 1630. The molecule has 4 aromatic rings. The fraction of sp³-hybridized carbons (Fsp3) is 0.129. The van der Waals surface area contributed by atoms with E-state index in [9.17, 15) is 4.79 Å². The number of halogens is 1. The van der Waals surface area contributed by atoms with Crippen LogP contribution >= 0.6 is 23.4 Å². The van der Waals surface area contributed by atoms with Gasteiger partial charge in [-0.3, -0.25) is 4.79 Å². The number of thioether (sulfide) groups is 1. The van der Waals surface area contributed by atoms with Crippen LogP contribution in [-0.4, -0.2) is 16.5 Å². The molecule has 6 rings (SSSR count). The van der Waals surface area contributed by atoms with E-state index in [1.807, 2.05) is 76.7 Å². The first-order valence-corrected chi connectivity index (χ1v) is 13.5. The van der Waals surface area contributed by atoms with Gasteiger partial charge in [0.1, 0.15) is 0 Å². The second-order valence-electron chi connectivity index (χ2n) is 9.42. The van der Waals surface area contributed by atoms with Gasteiger partial charge in [-0.2, -0.15) is 10.2 Å². The predicted molar refractivity (Wildman–Crippen MR) is 158 cm³/mol. The first-order valence-electron chi connectivity index (χ1n) is 12.3. The largest absolute Gasteiger partial charge is 0.292 e. The van der Waals surface area contributed by atoms with Gasteiger partial charge in [0.15, 0.2) is 10.8 Å². The third-order valence-corrected chi connectivity index (χ3v) is 8.39. The number of hydrogen-bond donors (Lipinski definition) is 0. The van der Waals surface area contributed by atoms with Gasteiger partial charge in [-0.25, -0.2) is 10.0 Å². The third kappa shape index (κ3) is 3.92. The maximum Gasteiger partial charge on any atom is 0.234 e.